The Morgan fingerprint density at radius 1 is 1.20 bits per heavy atom. The molecule has 2 nitrogen and oxygen atoms in total. The molecule has 80 valence electrons. The summed E-state index contributed by atoms with van der Waals surface area (Å²) in [6.45, 7) is 6.15. The summed E-state index contributed by atoms with van der Waals surface area (Å²) in [5.41, 5.74) is 4.05. The van der Waals surface area contributed by atoms with E-state index in [2.05, 4.69) is 13.8 Å². The molecule has 0 unspecified atom stereocenters. The van der Waals surface area contributed by atoms with Crippen LogP contribution in [0.1, 0.15) is 35.1 Å². The minimum Gasteiger partial charge on any atom is -0.481 e. The van der Waals surface area contributed by atoms with E-state index in [4.69, 9.17) is 0 Å². The fourth-order valence-corrected chi connectivity index (χ4v) is 2.20. The SMILES string of the molecule is Cc1ccc(C2(C(=O)O)CC2)c(C)c1C. The number of rotatable bonds is 2. The smallest absolute Gasteiger partial charge is 0.314 e. The molecule has 0 aromatic heterocycles. The lowest BCUT2D eigenvalue weighted by atomic mass is 9.88. The van der Waals surface area contributed by atoms with E-state index in [0.717, 1.165) is 24.0 Å². The van der Waals surface area contributed by atoms with Gasteiger partial charge in [-0.2, -0.15) is 0 Å². The predicted molar refractivity (Wildman–Crippen MR) is 59.2 cm³/mol. The molecule has 2 rings (SSSR count). The number of carbonyl (C=O) groups is 1. The first kappa shape index (κ1) is 10.2. The van der Waals surface area contributed by atoms with Gasteiger partial charge in [-0.1, -0.05) is 12.1 Å². The summed E-state index contributed by atoms with van der Waals surface area (Å²) in [5, 5.41) is 9.24. The van der Waals surface area contributed by atoms with Gasteiger partial charge in [0.25, 0.3) is 0 Å². The predicted octanol–water partition coefficient (Wildman–Crippen LogP) is 2.73. The first-order valence-electron chi connectivity index (χ1n) is 5.30. The van der Waals surface area contributed by atoms with Gasteiger partial charge in [-0.05, 0) is 55.9 Å². The largest absolute Gasteiger partial charge is 0.481 e. The van der Waals surface area contributed by atoms with Crippen molar-refractivity contribution in [3.63, 3.8) is 0 Å². The maximum atomic E-state index is 11.2. The molecule has 2 heteroatoms. The summed E-state index contributed by atoms with van der Waals surface area (Å²) in [5.74, 6) is -0.672. The van der Waals surface area contributed by atoms with E-state index in [9.17, 15) is 9.90 Å². The average Bonchev–Trinajstić information content (AvgIpc) is 2.95. The number of aryl methyl sites for hydroxylation is 1. The van der Waals surface area contributed by atoms with Crippen molar-refractivity contribution in [2.24, 2.45) is 0 Å². The molecule has 1 aromatic carbocycles. The van der Waals surface area contributed by atoms with Crippen molar-refractivity contribution in [2.75, 3.05) is 0 Å². The van der Waals surface area contributed by atoms with E-state index >= 15 is 0 Å². The van der Waals surface area contributed by atoms with Crippen LogP contribution in [0.15, 0.2) is 12.1 Å². The Hall–Kier alpha value is -1.31. The second kappa shape index (κ2) is 3.09. The number of aliphatic carboxylic acids is 1. The number of carboxylic acids is 1. The highest BCUT2D eigenvalue weighted by molar-refractivity contribution is 5.85. The number of hydrogen-bond acceptors (Lipinski definition) is 1. The standard InChI is InChI=1S/C13H16O2/c1-8-4-5-11(10(3)9(8)2)13(6-7-13)12(14)15/h4-5H,6-7H2,1-3H3,(H,14,15). The third-order valence-electron chi connectivity index (χ3n) is 3.73. The molecule has 0 saturated heterocycles. The Labute approximate surface area is 89.9 Å². The van der Waals surface area contributed by atoms with Crippen molar-refractivity contribution in [1.29, 1.82) is 0 Å². The second-order valence-electron chi connectivity index (χ2n) is 4.57. The highest BCUT2D eigenvalue weighted by Gasteiger charge is 2.52. The lowest BCUT2D eigenvalue weighted by Gasteiger charge is -2.16. The Balaban J connectivity index is 2.55. The highest BCUT2D eigenvalue weighted by Crippen LogP contribution is 2.50. The van der Waals surface area contributed by atoms with Gasteiger partial charge < -0.3 is 5.11 Å². The highest BCUT2D eigenvalue weighted by atomic mass is 16.4. The molecule has 0 amide bonds. The monoisotopic (exact) mass is 204 g/mol. The molecular formula is C13H16O2. The van der Waals surface area contributed by atoms with E-state index in [-0.39, 0.29) is 0 Å². The van der Waals surface area contributed by atoms with Gasteiger partial charge >= 0.3 is 5.97 Å². The van der Waals surface area contributed by atoms with Crippen LogP contribution in [0.5, 0.6) is 0 Å². The van der Waals surface area contributed by atoms with Crippen LogP contribution in [-0.4, -0.2) is 11.1 Å². The summed E-state index contributed by atoms with van der Waals surface area (Å²) in [6.07, 6.45) is 1.57. The molecule has 1 saturated carbocycles. The normalized spacial score (nSPS) is 17.5. The van der Waals surface area contributed by atoms with Crippen molar-refractivity contribution in [2.45, 2.75) is 39.0 Å². The molecule has 1 aliphatic rings. The summed E-state index contributed by atoms with van der Waals surface area (Å²) < 4.78 is 0. The molecular weight excluding hydrogens is 188 g/mol. The zero-order valence-electron chi connectivity index (χ0n) is 9.42. The minimum atomic E-state index is -0.672. The second-order valence-corrected chi connectivity index (χ2v) is 4.57. The van der Waals surface area contributed by atoms with Crippen molar-refractivity contribution in [3.05, 3.63) is 34.4 Å². The Kier molecular flexibility index (Phi) is 2.10. The van der Waals surface area contributed by atoms with Gasteiger partial charge in [-0.25, -0.2) is 0 Å². The molecule has 0 bridgehead atoms. The van der Waals surface area contributed by atoms with E-state index in [1.54, 1.807) is 0 Å². The van der Waals surface area contributed by atoms with Gasteiger partial charge in [0.15, 0.2) is 0 Å². The molecule has 0 heterocycles. The van der Waals surface area contributed by atoms with Crippen LogP contribution in [0.4, 0.5) is 0 Å². The summed E-state index contributed by atoms with van der Waals surface area (Å²) in [4.78, 5) is 11.2. The molecule has 1 aliphatic carbocycles. The van der Waals surface area contributed by atoms with Gasteiger partial charge in [-0.15, -0.1) is 0 Å². The summed E-state index contributed by atoms with van der Waals surface area (Å²) in [6, 6.07) is 4.01. The number of hydrogen-bond donors (Lipinski definition) is 1. The molecule has 0 aliphatic heterocycles. The Morgan fingerprint density at radius 2 is 1.80 bits per heavy atom. The van der Waals surface area contributed by atoms with Crippen molar-refractivity contribution >= 4 is 5.97 Å². The maximum absolute atomic E-state index is 11.2. The van der Waals surface area contributed by atoms with Gasteiger partial charge in [0.05, 0.1) is 5.41 Å². The van der Waals surface area contributed by atoms with Gasteiger partial charge in [0.2, 0.25) is 0 Å². The van der Waals surface area contributed by atoms with Gasteiger partial charge in [-0.3, -0.25) is 4.79 Å². The zero-order chi connectivity index (χ0) is 11.2. The van der Waals surface area contributed by atoms with Crippen LogP contribution in [0, 0.1) is 20.8 Å². The van der Waals surface area contributed by atoms with E-state index in [0.29, 0.717) is 0 Å². The third-order valence-corrected chi connectivity index (χ3v) is 3.73. The quantitative estimate of drug-likeness (QED) is 0.804. The summed E-state index contributed by atoms with van der Waals surface area (Å²) >= 11 is 0. The molecule has 0 spiro atoms. The maximum Gasteiger partial charge on any atom is 0.314 e. The Bertz CT molecular complexity index is 428. The van der Waals surface area contributed by atoms with Gasteiger partial charge in [0.1, 0.15) is 0 Å². The van der Waals surface area contributed by atoms with Crippen LogP contribution < -0.4 is 0 Å². The lowest BCUT2D eigenvalue weighted by Crippen LogP contribution is -2.21. The lowest BCUT2D eigenvalue weighted by molar-refractivity contribution is -0.140. The average molecular weight is 204 g/mol. The van der Waals surface area contributed by atoms with Crippen LogP contribution in [-0.2, 0) is 10.2 Å². The van der Waals surface area contributed by atoms with Crippen molar-refractivity contribution in [1.82, 2.24) is 0 Å². The van der Waals surface area contributed by atoms with Crippen LogP contribution in [0.25, 0.3) is 0 Å². The molecule has 1 N–H and O–H groups in total. The zero-order valence-corrected chi connectivity index (χ0v) is 9.42. The summed E-state index contributed by atoms with van der Waals surface area (Å²) in [7, 11) is 0. The van der Waals surface area contributed by atoms with Crippen LogP contribution in [0.3, 0.4) is 0 Å². The van der Waals surface area contributed by atoms with Crippen LogP contribution in [0.2, 0.25) is 0 Å². The topological polar surface area (TPSA) is 37.3 Å². The van der Waals surface area contributed by atoms with Gasteiger partial charge in [0, 0.05) is 0 Å². The van der Waals surface area contributed by atoms with Crippen LogP contribution >= 0.6 is 0 Å². The molecule has 1 fully saturated rings. The minimum absolute atomic E-state index is 0.567. The first-order valence-corrected chi connectivity index (χ1v) is 5.30. The van der Waals surface area contributed by atoms with Crippen molar-refractivity contribution < 1.29 is 9.90 Å². The van der Waals surface area contributed by atoms with E-state index in [1.165, 1.54) is 11.1 Å². The Morgan fingerprint density at radius 3 is 2.27 bits per heavy atom. The van der Waals surface area contributed by atoms with Crippen molar-refractivity contribution in [3.8, 4) is 0 Å². The fraction of sp³-hybridized carbons (Fsp3) is 0.462. The molecule has 15 heavy (non-hydrogen) atoms. The van der Waals surface area contributed by atoms with E-state index < -0.39 is 11.4 Å². The molecule has 0 radical (unpaired) electrons. The third kappa shape index (κ3) is 1.36. The number of carboxylic acid groups (broad SMARTS) is 1. The van der Waals surface area contributed by atoms with E-state index in [1.807, 2.05) is 19.1 Å². The fourth-order valence-electron chi connectivity index (χ4n) is 2.20. The molecule has 1 aromatic rings. The number of benzene rings is 1. The first-order chi connectivity index (χ1) is 6.99. The molecule has 0 atom stereocenters.